The van der Waals surface area contributed by atoms with Gasteiger partial charge in [-0.15, -0.1) is 11.3 Å². The van der Waals surface area contributed by atoms with Gasteiger partial charge in [0.05, 0.1) is 0 Å². The van der Waals surface area contributed by atoms with E-state index in [0.717, 1.165) is 24.6 Å². The molecule has 0 bridgehead atoms. The molecule has 0 saturated carbocycles. The largest absolute Gasteiger partial charge is 0.271 e. The van der Waals surface area contributed by atoms with Crippen molar-refractivity contribution in [1.29, 1.82) is 0 Å². The van der Waals surface area contributed by atoms with Crippen LogP contribution in [0.2, 0.25) is 0 Å². The maximum Gasteiger partial charge on any atom is 0.0481 e. The number of fused-ring (bicyclic) bond motifs is 1. The molecule has 0 aliphatic rings. The van der Waals surface area contributed by atoms with E-state index in [4.69, 9.17) is 5.84 Å². The van der Waals surface area contributed by atoms with Crippen molar-refractivity contribution in [3.8, 4) is 0 Å². The van der Waals surface area contributed by atoms with Crippen molar-refractivity contribution in [3.63, 3.8) is 0 Å². The number of pyridine rings is 1. The second-order valence-electron chi connectivity index (χ2n) is 5.14. The molecule has 0 saturated heterocycles. The number of nitrogens with two attached hydrogens (primary N) is 1. The monoisotopic (exact) mass is 297 g/mol. The molecule has 0 spiro atoms. The Labute approximate surface area is 128 Å². The van der Waals surface area contributed by atoms with Crippen LogP contribution < -0.4 is 11.3 Å². The van der Waals surface area contributed by atoms with Gasteiger partial charge in [0, 0.05) is 28.7 Å². The molecule has 3 N–H and O–H groups in total. The molecule has 0 aliphatic heterocycles. The summed E-state index contributed by atoms with van der Waals surface area (Å²) < 4.78 is 0. The van der Waals surface area contributed by atoms with Crippen LogP contribution in [0.15, 0.2) is 54.2 Å². The van der Waals surface area contributed by atoms with Gasteiger partial charge < -0.3 is 0 Å². The van der Waals surface area contributed by atoms with Crippen LogP contribution in [0.1, 0.15) is 29.3 Å². The number of aryl methyl sites for hydroxylation is 1. The molecular weight excluding hydrogens is 278 g/mol. The van der Waals surface area contributed by atoms with E-state index in [9.17, 15) is 0 Å². The first-order valence-corrected chi connectivity index (χ1v) is 8.07. The molecule has 0 fully saturated rings. The van der Waals surface area contributed by atoms with E-state index in [1.165, 1.54) is 15.8 Å². The second kappa shape index (κ2) is 6.80. The van der Waals surface area contributed by atoms with E-state index in [-0.39, 0.29) is 6.04 Å². The summed E-state index contributed by atoms with van der Waals surface area (Å²) in [7, 11) is 0. The molecule has 3 nitrogen and oxygen atoms in total. The van der Waals surface area contributed by atoms with Crippen molar-refractivity contribution < 1.29 is 0 Å². The number of rotatable bonds is 6. The number of benzene rings is 1. The van der Waals surface area contributed by atoms with Crippen molar-refractivity contribution in [3.05, 3.63) is 64.6 Å². The van der Waals surface area contributed by atoms with Crippen LogP contribution >= 0.6 is 11.3 Å². The van der Waals surface area contributed by atoms with Crippen molar-refractivity contribution >= 4 is 22.1 Å². The third-order valence-electron chi connectivity index (χ3n) is 3.77. The minimum atomic E-state index is 0.142. The minimum absolute atomic E-state index is 0.142. The summed E-state index contributed by atoms with van der Waals surface area (Å²) in [5, 5.41) is 4.52. The van der Waals surface area contributed by atoms with Gasteiger partial charge in [-0.05, 0) is 41.7 Å². The molecule has 2 aromatic heterocycles. The van der Waals surface area contributed by atoms with Gasteiger partial charge in [0.15, 0.2) is 0 Å². The topological polar surface area (TPSA) is 50.9 Å². The van der Waals surface area contributed by atoms with Gasteiger partial charge in [0.1, 0.15) is 0 Å². The molecule has 21 heavy (non-hydrogen) atoms. The minimum Gasteiger partial charge on any atom is -0.271 e. The number of hydrazine groups is 1. The molecule has 3 rings (SSSR count). The smallest absolute Gasteiger partial charge is 0.0481 e. The molecule has 2 heterocycles. The third kappa shape index (κ3) is 3.29. The number of hydrogen-bond donors (Lipinski definition) is 2. The van der Waals surface area contributed by atoms with Crippen molar-refractivity contribution in [2.45, 2.75) is 25.3 Å². The Bertz CT molecular complexity index is 689. The summed E-state index contributed by atoms with van der Waals surface area (Å²) in [5.74, 6) is 5.78. The van der Waals surface area contributed by atoms with E-state index >= 15 is 0 Å². The van der Waals surface area contributed by atoms with Gasteiger partial charge in [-0.2, -0.15) is 0 Å². The highest BCUT2D eigenvalue weighted by Crippen LogP contribution is 2.26. The zero-order valence-corrected chi connectivity index (χ0v) is 12.6. The van der Waals surface area contributed by atoms with Gasteiger partial charge in [0.2, 0.25) is 0 Å². The van der Waals surface area contributed by atoms with Crippen LogP contribution in [0.4, 0.5) is 0 Å². The van der Waals surface area contributed by atoms with Crippen molar-refractivity contribution in [2.75, 3.05) is 0 Å². The fourth-order valence-corrected chi connectivity index (χ4v) is 3.43. The first kappa shape index (κ1) is 14.2. The Kier molecular flexibility index (Phi) is 4.60. The van der Waals surface area contributed by atoms with Gasteiger partial charge in [-0.25, -0.2) is 0 Å². The van der Waals surface area contributed by atoms with E-state index in [2.05, 4.69) is 46.1 Å². The van der Waals surface area contributed by atoms with E-state index in [0.29, 0.717) is 0 Å². The summed E-state index contributed by atoms with van der Waals surface area (Å²) in [6.45, 7) is 0. The number of thiophene rings is 1. The van der Waals surface area contributed by atoms with Crippen LogP contribution in [-0.2, 0) is 6.42 Å². The standard InChI is InChI=1S/C17H19N3S/c18-20-17(9-3-6-14-7-4-10-21-14)16-12-19-11-13-5-1-2-8-15(13)16/h1-2,4-5,7-8,10-12,17,20H,3,6,9,18H2. The fourth-order valence-electron chi connectivity index (χ4n) is 2.68. The van der Waals surface area contributed by atoms with Crippen LogP contribution in [0.5, 0.6) is 0 Å². The lowest BCUT2D eigenvalue weighted by Gasteiger charge is -2.17. The molecule has 1 aromatic carbocycles. The number of hydrogen-bond acceptors (Lipinski definition) is 4. The molecule has 0 amide bonds. The molecule has 1 atom stereocenters. The zero-order valence-electron chi connectivity index (χ0n) is 11.8. The van der Waals surface area contributed by atoms with Crippen molar-refractivity contribution in [1.82, 2.24) is 10.4 Å². The quantitative estimate of drug-likeness (QED) is 0.537. The Balaban J connectivity index is 1.75. The first-order chi connectivity index (χ1) is 10.4. The van der Waals surface area contributed by atoms with Crippen LogP contribution in [-0.4, -0.2) is 4.98 Å². The average Bonchev–Trinajstić information content (AvgIpc) is 3.05. The van der Waals surface area contributed by atoms with Gasteiger partial charge in [-0.3, -0.25) is 16.3 Å². The number of aromatic nitrogens is 1. The highest BCUT2D eigenvalue weighted by atomic mass is 32.1. The SMILES string of the molecule is NNC(CCCc1cccs1)c1cncc2ccccc12. The first-order valence-electron chi connectivity index (χ1n) is 7.19. The van der Waals surface area contributed by atoms with Gasteiger partial charge in [0.25, 0.3) is 0 Å². The van der Waals surface area contributed by atoms with Crippen LogP contribution in [0.3, 0.4) is 0 Å². The third-order valence-corrected chi connectivity index (χ3v) is 4.71. The molecule has 3 aromatic rings. The summed E-state index contributed by atoms with van der Waals surface area (Å²) in [6, 6.07) is 12.8. The van der Waals surface area contributed by atoms with E-state index in [1.54, 1.807) is 0 Å². The zero-order chi connectivity index (χ0) is 14.5. The van der Waals surface area contributed by atoms with Crippen molar-refractivity contribution in [2.24, 2.45) is 5.84 Å². The van der Waals surface area contributed by atoms with E-state index < -0.39 is 0 Å². The Hall–Kier alpha value is -1.75. The molecular formula is C17H19N3S. The molecule has 108 valence electrons. The molecule has 4 heteroatoms. The van der Waals surface area contributed by atoms with Gasteiger partial charge in [-0.1, -0.05) is 30.3 Å². The molecule has 1 unspecified atom stereocenters. The molecule has 0 aliphatic carbocycles. The lowest BCUT2D eigenvalue weighted by Crippen LogP contribution is -2.28. The summed E-state index contributed by atoms with van der Waals surface area (Å²) in [4.78, 5) is 5.78. The van der Waals surface area contributed by atoms with Crippen LogP contribution in [0, 0.1) is 0 Å². The lowest BCUT2D eigenvalue weighted by molar-refractivity contribution is 0.501. The predicted octanol–water partition coefficient (Wildman–Crippen LogP) is 3.82. The highest BCUT2D eigenvalue weighted by molar-refractivity contribution is 7.09. The Morgan fingerprint density at radius 1 is 1.14 bits per heavy atom. The van der Waals surface area contributed by atoms with Crippen LogP contribution in [0.25, 0.3) is 10.8 Å². The number of nitrogens with zero attached hydrogens (tertiary/aromatic N) is 1. The Morgan fingerprint density at radius 3 is 2.86 bits per heavy atom. The number of nitrogens with one attached hydrogen (secondary N) is 1. The summed E-state index contributed by atoms with van der Waals surface area (Å²) in [6.07, 6.45) is 7.05. The highest BCUT2D eigenvalue weighted by Gasteiger charge is 2.13. The average molecular weight is 297 g/mol. The lowest BCUT2D eigenvalue weighted by atomic mass is 9.98. The van der Waals surface area contributed by atoms with Gasteiger partial charge >= 0.3 is 0 Å². The maximum absolute atomic E-state index is 5.78. The normalized spacial score (nSPS) is 12.6. The molecule has 0 radical (unpaired) electrons. The summed E-state index contributed by atoms with van der Waals surface area (Å²) in [5.41, 5.74) is 4.14. The van der Waals surface area contributed by atoms with E-state index in [1.807, 2.05) is 29.8 Å². The second-order valence-corrected chi connectivity index (χ2v) is 6.17. The maximum atomic E-state index is 5.78. The fraction of sp³-hybridized carbons (Fsp3) is 0.235. The summed E-state index contributed by atoms with van der Waals surface area (Å²) >= 11 is 1.82. The Morgan fingerprint density at radius 2 is 2.05 bits per heavy atom. The predicted molar refractivity (Wildman–Crippen MR) is 89.1 cm³/mol.